The van der Waals surface area contributed by atoms with Crippen LogP contribution in [0.2, 0.25) is 0 Å². The van der Waals surface area contributed by atoms with Crippen LogP contribution in [0, 0.1) is 0 Å². The molecule has 0 bridgehead atoms. The highest BCUT2D eigenvalue weighted by Crippen LogP contribution is 2.07. The molecule has 0 aliphatic carbocycles. The van der Waals surface area contributed by atoms with E-state index in [-0.39, 0.29) is 12.3 Å². The molecule has 6 heteroatoms. The third-order valence-electron chi connectivity index (χ3n) is 2.30. The standard InChI is InChI=1S/C10H14N2O3S/c1-3-12(7(2)10(14)15)9(13)4-8-5-16-6-11-8/h5-7H,3-4H2,1-2H3,(H,14,15). The van der Waals surface area contributed by atoms with E-state index in [2.05, 4.69) is 4.98 Å². The second-order valence-corrected chi connectivity index (χ2v) is 4.07. The normalized spacial score (nSPS) is 12.1. The molecule has 16 heavy (non-hydrogen) atoms. The van der Waals surface area contributed by atoms with Gasteiger partial charge >= 0.3 is 5.97 Å². The Hall–Kier alpha value is -1.43. The van der Waals surface area contributed by atoms with Gasteiger partial charge in [-0.15, -0.1) is 11.3 Å². The van der Waals surface area contributed by atoms with Crippen LogP contribution in [-0.2, 0) is 16.0 Å². The van der Waals surface area contributed by atoms with E-state index in [1.165, 1.54) is 23.2 Å². The van der Waals surface area contributed by atoms with Crippen molar-refractivity contribution in [3.8, 4) is 0 Å². The zero-order valence-corrected chi connectivity index (χ0v) is 10.0. The van der Waals surface area contributed by atoms with E-state index in [4.69, 9.17) is 5.11 Å². The summed E-state index contributed by atoms with van der Waals surface area (Å²) in [5, 5.41) is 10.6. The molecule has 0 aliphatic rings. The number of rotatable bonds is 5. The molecular formula is C10H14N2O3S. The summed E-state index contributed by atoms with van der Waals surface area (Å²) in [5.74, 6) is -1.20. The van der Waals surface area contributed by atoms with Gasteiger partial charge in [-0.25, -0.2) is 9.78 Å². The number of aliphatic carboxylic acids is 1. The van der Waals surface area contributed by atoms with Gasteiger partial charge in [0, 0.05) is 11.9 Å². The summed E-state index contributed by atoms with van der Waals surface area (Å²) in [6, 6.07) is -0.795. The molecular weight excluding hydrogens is 228 g/mol. The number of thiazole rings is 1. The SMILES string of the molecule is CCN(C(=O)Cc1cscn1)C(C)C(=O)O. The first-order chi connectivity index (χ1) is 7.56. The van der Waals surface area contributed by atoms with Gasteiger partial charge in [0.15, 0.2) is 0 Å². The van der Waals surface area contributed by atoms with Crippen molar-refractivity contribution in [2.45, 2.75) is 26.3 Å². The van der Waals surface area contributed by atoms with E-state index in [0.29, 0.717) is 12.2 Å². The Morgan fingerprint density at radius 1 is 1.62 bits per heavy atom. The maximum atomic E-state index is 11.8. The zero-order chi connectivity index (χ0) is 12.1. The molecule has 1 N–H and O–H groups in total. The van der Waals surface area contributed by atoms with Gasteiger partial charge < -0.3 is 10.0 Å². The molecule has 0 spiro atoms. The lowest BCUT2D eigenvalue weighted by atomic mass is 10.2. The van der Waals surface area contributed by atoms with Crippen LogP contribution < -0.4 is 0 Å². The second-order valence-electron chi connectivity index (χ2n) is 3.35. The highest BCUT2D eigenvalue weighted by atomic mass is 32.1. The summed E-state index contributed by atoms with van der Waals surface area (Å²) >= 11 is 1.42. The monoisotopic (exact) mass is 242 g/mol. The van der Waals surface area contributed by atoms with Gasteiger partial charge in [0.1, 0.15) is 6.04 Å². The van der Waals surface area contributed by atoms with Crippen LogP contribution in [-0.4, -0.2) is 39.5 Å². The maximum absolute atomic E-state index is 11.8. The van der Waals surface area contributed by atoms with E-state index >= 15 is 0 Å². The predicted octanol–water partition coefficient (Wildman–Crippen LogP) is 1.01. The first-order valence-corrected chi connectivity index (χ1v) is 5.89. The maximum Gasteiger partial charge on any atom is 0.326 e. The topological polar surface area (TPSA) is 70.5 Å². The van der Waals surface area contributed by atoms with Crippen molar-refractivity contribution in [2.24, 2.45) is 0 Å². The Kier molecular flexibility index (Phi) is 4.42. The van der Waals surface area contributed by atoms with Crippen molar-refractivity contribution in [1.82, 2.24) is 9.88 Å². The largest absolute Gasteiger partial charge is 0.480 e. The third kappa shape index (κ3) is 3.03. The average Bonchev–Trinajstić information content (AvgIpc) is 2.71. The van der Waals surface area contributed by atoms with Crippen molar-refractivity contribution in [2.75, 3.05) is 6.54 Å². The summed E-state index contributed by atoms with van der Waals surface area (Å²) in [6.45, 7) is 3.65. The quantitative estimate of drug-likeness (QED) is 0.836. The molecule has 1 heterocycles. The zero-order valence-electron chi connectivity index (χ0n) is 9.21. The lowest BCUT2D eigenvalue weighted by Gasteiger charge is -2.24. The van der Waals surface area contributed by atoms with Crippen LogP contribution in [0.4, 0.5) is 0 Å². The Morgan fingerprint density at radius 3 is 2.75 bits per heavy atom. The number of carboxylic acids is 1. The lowest BCUT2D eigenvalue weighted by molar-refractivity contribution is -0.149. The molecule has 5 nitrogen and oxygen atoms in total. The molecule has 1 aromatic heterocycles. The van der Waals surface area contributed by atoms with Crippen LogP contribution in [0.15, 0.2) is 10.9 Å². The third-order valence-corrected chi connectivity index (χ3v) is 2.94. The first kappa shape index (κ1) is 12.6. The van der Waals surface area contributed by atoms with Crippen molar-refractivity contribution in [1.29, 1.82) is 0 Å². The van der Waals surface area contributed by atoms with Crippen LogP contribution in [0.25, 0.3) is 0 Å². The molecule has 0 saturated heterocycles. The highest BCUT2D eigenvalue weighted by Gasteiger charge is 2.24. The Balaban J connectivity index is 2.66. The smallest absolute Gasteiger partial charge is 0.326 e. The molecule has 1 rings (SSSR count). The molecule has 1 unspecified atom stereocenters. The molecule has 0 radical (unpaired) electrons. The number of carbonyl (C=O) groups is 2. The Labute approximate surface area is 97.7 Å². The number of aromatic nitrogens is 1. The van der Waals surface area contributed by atoms with Crippen LogP contribution in [0.5, 0.6) is 0 Å². The van der Waals surface area contributed by atoms with Gasteiger partial charge in [-0.1, -0.05) is 0 Å². The lowest BCUT2D eigenvalue weighted by Crippen LogP contribution is -2.43. The fourth-order valence-electron chi connectivity index (χ4n) is 1.38. The van der Waals surface area contributed by atoms with Crippen molar-refractivity contribution in [3.63, 3.8) is 0 Å². The number of hydrogen-bond donors (Lipinski definition) is 1. The second kappa shape index (κ2) is 5.60. The molecule has 0 aromatic carbocycles. The number of hydrogen-bond acceptors (Lipinski definition) is 4. The van der Waals surface area contributed by atoms with Gasteiger partial charge in [-0.3, -0.25) is 4.79 Å². The number of likely N-dealkylation sites (N-methyl/N-ethyl adjacent to an activating group) is 1. The number of carboxylic acid groups (broad SMARTS) is 1. The molecule has 0 fully saturated rings. The van der Waals surface area contributed by atoms with Crippen molar-refractivity contribution < 1.29 is 14.7 Å². The van der Waals surface area contributed by atoms with E-state index in [1.54, 1.807) is 17.8 Å². The summed E-state index contributed by atoms with van der Waals surface area (Å²) < 4.78 is 0. The fraction of sp³-hybridized carbons (Fsp3) is 0.500. The summed E-state index contributed by atoms with van der Waals surface area (Å²) in [4.78, 5) is 27.9. The fourth-order valence-corrected chi connectivity index (χ4v) is 1.94. The molecule has 0 saturated carbocycles. The number of nitrogens with zero attached hydrogens (tertiary/aromatic N) is 2. The van der Waals surface area contributed by atoms with Crippen LogP contribution in [0.3, 0.4) is 0 Å². The van der Waals surface area contributed by atoms with Gasteiger partial charge in [-0.05, 0) is 13.8 Å². The number of amides is 1. The van der Waals surface area contributed by atoms with E-state index in [1.807, 2.05) is 0 Å². The van der Waals surface area contributed by atoms with E-state index in [0.717, 1.165) is 0 Å². The Morgan fingerprint density at radius 2 is 2.31 bits per heavy atom. The molecule has 1 atom stereocenters. The van der Waals surface area contributed by atoms with Gasteiger partial charge in [0.2, 0.25) is 5.91 Å². The van der Waals surface area contributed by atoms with Crippen LogP contribution in [0.1, 0.15) is 19.5 Å². The average molecular weight is 242 g/mol. The minimum absolute atomic E-state index is 0.162. The van der Waals surface area contributed by atoms with Gasteiger partial charge in [-0.2, -0.15) is 0 Å². The number of carbonyl (C=O) groups excluding carboxylic acids is 1. The van der Waals surface area contributed by atoms with Crippen molar-refractivity contribution >= 4 is 23.2 Å². The highest BCUT2D eigenvalue weighted by molar-refractivity contribution is 7.07. The summed E-state index contributed by atoms with van der Waals surface area (Å²) in [7, 11) is 0. The minimum atomic E-state index is -0.992. The summed E-state index contributed by atoms with van der Waals surface area (Å²) in [5.41, 5.74) is 2.34. The Bertz CT molecular complexity index is 364. The minimum Gasteiger partial charge on any atom is -0.480 e. The molecule has 88 valence electrons. The van der Waals surface area contributed by atoms with Crippen molar-refractivity contribution in [3.05, 3.63) is 16.6 Å². The van der Waals surface area contributed by atoms with E-state index < -0.39 is 12.0 Å². The molecule has 0 aliphatic heterocycles. The van der Waals surface area contributed by atoms with E-state index in [9.17, 15) is 9.59 Å². The summed E-state index contributed by atoms with van der Waals surface area (Å²) in [6.07, 6.45) is 0.162. The molecule has 1 aromatic rings. The predicted molar refractivity (Wildman–Crippen MR) is 60.3 cm³/mol. The first-order valence-electron chi connectivity index (χ1n) is 4.95. The van der Waals surface area contributed by atoms with Gasteiger partial charge in [0.25, 0.3) is 0 Å². The molecule has 1 amide bonds. The van der Waals surface area contributed by atoms with Gasteiger partial charge in [0.05, 0.1) is 17.6 Å². The van der Waals surface area contributed by atoms with Crippen LogP contribution >= 0.6 is 11.3 Å².